The lowest BCUT2D eigenvalue weighted by atomic mass is 10.1. The van der Waals surface area contributed by atoms with Crippen molar-refractivity contribution in [3.8, 4) is 10.4 Å². The van der Waals surface area contributed by atoms with Crippen molar-refractivity contribution in [2.75, 3.05) is 18.7 Å². The van der Waals surface area contributed by atoms with Crippen molar-refractivity contribution in [3.63, 3.8) is 0 Å². The topological polar surface area (TPSA) is 68.3 Å². The van der Waals surface area contributed by atoms with Crippen LogP contribution in [0.5, 0.6) is 0 Å². The minimum atomic E-state index is -0.365. The highest BCUT2D eigenvalue weighted by molar-refractivity contribution is 7.98. The van der Waals surface area contributed by atoms with Gasteiger partial charge in [0, 0.05) is 11.8 Å². The third-order valence-electron chi connectivity index (χ3n) is 4.05. The zero-order chi connectivity index (χ0) is 20.8. The number of amides is 1. The number of thioether (sulfide) groups is 1. The SMILES string of the molecule is COC(=O)c1ccc(C=Cc2nc(NC(C)=O)sc2-c2ccc(SC)cc2)cc1. The number of benzene rings is 2. The number of hydrogen-bond acceptors (Lipinski definition) is 6. The van der Waals surface area contributed by atoms with Gasteiger partial charge in [0.1, 0.15) is 0 Å². The fourth-order valence-corrected chi connectivity index (χ4v) is 4.03. The molecule has 7 heteroatoms. The van der Waals surface area contributed by atoms with E-state index in [2.05, 4.69) is 34.6 Å². The first kappa shape index (κ1) is 20.8. The Bertz CT molecular complexity index is 1040. The van der Waals surface area contributed by atoms with Gasteiger partial charge in [-0.2, -0.15) is 0 Å². The Morgan fingerprint density at radius 3 is 2.34 bits per heavy atom. The first-order chi connectivity index (χ1) is 14.0. The summed E-state index contributed by atoms with van der Waals surface area (Å²) in [6, 6.07) is 15.4. The fraction of sp³-hybridized carbons (Fsp3) is 0.136. The molecule has 0 aliphatic carbocycles. The van der Waals surface area contributed by atoms with Crippen LogP contribution in [0.25, 0.3) is 22.6 Å². The summed E-state index contributed by atoms with van der Waals surface area (Å²) in [4.78, 5) is 29.7. The molecule has 0 spiro atoms. The van der Waals surface area contributed by atoms with Crippen molar-refractivity contribution in [2.45, 2.75) is 11.8 Å². The van der Waals surface area contributed by atoms with Crippen LogP contribution in [-0.4, -0.2) is 30.2 Å². The molecule has 0 aliphatic heterocycles. The lowest BCUT2D eigenvalue weighted by molar-refractivity contribution is -0.114. The van der Waals surface area contributed by atoms with E-state index < -0.39 is 0 Å². The number of methoxy groups -OCH3 is 1. The van der Waals surface area contributed by atoms with Gasteiger partial charge in [0.2, 0.25) is 5.91 Å². The molecule has 148 valence electrons. The van der Waals surface area contributed by atoms with Crippen molar-refractivity contribution < 1.29 is 14.3 Å². The van der Waals surface area contributed by atoms with E-state index >= 15 is 0 Å². The summed E-state index contributed by atoms with van der Waals surface area (Å²) in [7, 11) is 1.36. The van der Waals surface area contributed by atoms with E-state index in [-0.39, 0.29) is 11.9 Å². The predicted octanol–water partition coefficient (Wildman–Crippen LogP) is 5.45. The molecule has 3 rings (SSSR count). The number of ether oxygens (including phenoxy) is 1. The molecular formula is C22H20N2O3S2. The summed E-state index contributed by atoms with van der Waals surface area (Å²) >= 11 is 3.12. The van der Waals surface area contributed by atoms with Crippen molar-refractivity contribution in [1.29, 1.82) is 0 Å². The highest BCUT2D eigenvalue weighted by atomic mass is 32.2. The zero-order valence-corrected chi connectivity index (χ0v) is 17.9. The average molecular weight is 425 g/mol. The first-order valence-electron chi connectivity index (χ1n) is 8.79. The van der Waals surface area contributed by atoms with Crippen LogP contribution in [0, 0.1) is 0 Å². The molecule has 0 saturated heterocycles. The van der Waals surface area contributed by atoms with E-state index in [0.29, 0.717) is 10.7 Å². The molecule has 29 heavy (non-hydrogen) atoms. The van der Waals surface area contributed by atoms with Crippen LogP contribution >= 0.6 is 23.1 Å². The second kappa shape index (κ2) is 9.54. The number of nitrogens with zero attached hydrogens (tertiary/aromatic N) is 1. The quantitative estimate of drug-likeness (QED) is 0.421. The lowest BCUT2D eigenvalue weighted by Crippen LogP contribution is -2.04. The number of hydrogen-bond donors (Lipinski definition) is 1. The summed E-state index contributed by atoms with van der Waals surface area (Å²) in [6.45, 7) is 1.46. The maximum Gasteiger partial charge on any atom is 0.337 e. The first-order valence-corrected chi connectivity index (χ1v) is 10.8. The van der Waals surface area contributed by atoms with Crippen LogP contribution < -0.4 is 5.32 Å². The summed E-state index contributed by atoms with van der Waals surface area (Å²) in [5, 5.41) is 3.32. The number of aromatic nitrogens is 1. The third-order valence-corrected chi connectivity index (χ3v) is 5.83. The lowest BCUT2D eigenvalue weighted by Gasteiger charge is -2.01. The smallest absolute Gasteiger partial charge is 0.337 e. The van der Waals surface area contributed by atoms with E-state index in [4.69, 9.17) is 4.74 Å². The Kier molecular flexibility index (Phi) is 6.85. The van der Waals surface area contributed by atoms with Gasteiger partial charge in [-0.3, -0.25) is 4.79 Å². The number of carbonyl (C=O) groups excluding carboxylic acids is 2. The molecule has 0 atom stereocenters. The van der Waals surface area contributed by atoms with Crippen LogP contribution in [0.3, 0.4) is 0 Å². The number of rotatable bonds is 6. The largest absolute Gasteiger partial charge is 0.465 e. The van der Waals surface area contributed by atoms with Gasteiger partial charge in [-0.15, -0.1) is 11.8 Å². The van der Waals surface area contributed by atoms with Crippen LogP contribution in [0.2, 0.25) is 0 Å². The van der Waals surface area contributed by atoms with Crippen LogP contribution in [0.4, 0.5) is 5.13 Å². The van der Waals surface area contributed by atoms with E-state index in [9.17, 15) is 9.59 Å². The van der Waals surface area contributed by atoms with Crippen molar-refractivity contribution in [1.82, 2.24) is 4.98 Å². The van der Waals surface area contributed by atoms with E-state index in [1.807, 2.05) is 30.5 Å². The van der Waals surface area contributed by atoms with E-state index in [1.165, 1.54) is 30.3 Å². The third kappa shape index (κ3) is 5.34. The summed E-state index contributed by atoms with van der Waals surface area (Å²) < 4.78 is 4.72. The summed E-state index contributed by atoms with van der Waals surface area (Å²) in [5.74, 6) is -0.520. The average Bonchev–Trinajstić information content (AvgIpc) is 3.14. The van der Waals surface area contributed by atoms with Gasteiger partial charge in [-0.25, -0.2) is 9.78 Å². The molecule has 0 unspecified atom stereocenters. The van der Waals surface area contributed by atoms with Crippen molar-refractivity contribution in [3.05, 3.63) is 65.4 Å². The van der Waals surface area contributed by atoms with Crippen LogP contribution in [0.15, 0.2) is 53.4 Å². The highest BCUT2D eigenvalue weighted by Crippen LogP contribution is 2.35. The maximum absolute atomic E-state index is 11.6. The van der Waals surface area contributed by atoms with Gasteiger partial charge >= 0.3 is 5.97 Å². The van der Waals surface area contributed by atoms with Gasteiger partial charge in [0.15, 0.2) is 5.13 Å². The molecule has 1 heterocycles. The molecule has 0 bridgehead atoms. The molecule has 0 radical (unpaired) electrons. The summed E-state index contributed by atoms with van der Waals surface area (Å²) in [6.07, 6.45) is 5.87. The van der Waals surface area contributed by atoms with Crippen molar-refractivity contribution >= 4 is 52.3 Å². The van der Waals surface area contributed by atoms with Gasteiger partial charge in [-0.05, 0) is 47.7 Å². The van der Waals surface area contributed by atoms with Gasteiger partial charge in [0.05, 0.1) is 23.2 Å². The van der Waals surface area contributed by atoms with Gasteiger partial charge in [-0.1, -0.05) is 41.7 Å². The van der Waals surface area contributed by atoms with Gasteiger partial charge in [0.25, 0.3) is 0 Å². The standard InChI is InChI=1S/C22H20N2O3S2/c1-14(25)23-22-24-19(20(29-22)16-9-11-18(28-3)12-10-16)13-6-15-4-7-17(8-5-15)21(26)27-2/h4-13H,1-3H3,(H,23,24,25). The highest BCUT2D eigenvalue weighted by Gasteiger charge is 2.12. The maximum atomic E-state index is 11.6. The van der Waals surface area contributed by atoms with Crippen LogP contribution in [0.1, 0.15) is 28.5 Å². The fourth-order valence-electron chi connectivity index (χ4n) is 2.62. The molecule has 0 aliphatic rings. The second-order valence-corrected chi connectivity index (χ2v) is 7.97. The zero-order valence-electron chi connectivity index (χ0n) is 16.3. The monoisotopic (exact) mass is 424 g/mol. The number of anilines is 1. The number of esters is 1. The molecule has 3 aromatic rings. The molecule has 5 nitrogen and oxygen atoms in total. The van der Waals surface area contributed by atoms with Crippen LogP contribution in [-0.2, 0) is 9.53 Å². The predicted molar refractivity (Wildman–Crippen MR) is 120 cm³/mol. The molecule has 0 saturated carbocycles. The number of nitrogens with one attached hydrogen (secondary N) is 1. The molecular weight excluding hydrogens is 404 g/mol. The van der Waals surface area contributed by atoms with Gasteiger partial charge < -0.3 is 10.1 Å². The Balaban J connectivity index is 1.91. The van der Waals surface area contributed by atoms with Crippen molar-refractivity contribution in [2.24, 2.45) is 0 Å². The Morgan fingerprint density at radius 2 is 1.76 bits per heavy atom. The number of carbonyl (C=O) groups is 2. The Morgan fingerprint density at radius 1 is 1.07 bits per heavy atom. The Hall–Kier alpha value is -2.90. The molecule has 1 aromatic heterocycles. The molecule has 2 aromatic carbocycles. The number of thiazole rings is 1. The molecule has 1 amide bonds. The van der Waals surface area contributed by atoms with E-state index in [1.54, 1.807) is 23.9 Å². The second-order valence-electron chi connectivity index (χ2n) is 6.09. The Labute approximate surface area is 177 Å². The minimum Gasteiger partial charge on any atom is -0.465 e. The summed E-state index contributed by atoms with van der Waals surface area (Å²) in [5.41, 5.74) is 3.24. The minimum absolute atomic E-state index is 0.156. The normalized spacial score (nSPS) is 10.9. The molecule has 1 N–H and O–H groups in total. The van der Waals surface area contributed by atoms with E-state index in [0.717, 1.165) is 21.7 Å². The molecule has 0 fully saturated rings.